The molecule has 1 amide bonds. The van der Waals surface area contributed by atoms with Crippen LogP contribution < -0.4 is 10.9 Å². The molecular formula is C23H20N4O3. The zero-order chi connectivity index (χ0) is 21.3. The lowest BCUT2D eigenvalue weighted by Gasteiger charge is -2.13. The summed E-state index contributed by atoms with van der Waals surface area (Å²) < 4.78 is 3.02. The summed E-state index contributed by atoms with van der Waals surface area (Å²) in [6.45, 7) is 3.32. The van der Waals surface area contributed by atoms with Gasteiger partial charge in [0.2, 0.25) is 5.91 Å². The van der Waals surface area contributed by atoms with Crippen molar-refractivity contribution < 1.29 is 9.59 Å². The maximum Gasteiger partial charge on any atom is 0.280 e. The first-order valence-corrected chi connectivity index (χ1v) is 9.48. The third-order valence-corrected chi connectivity index (χ3v) is 4.82. The number of nitrogens with zero attached hydrogens (tertiary/aromatic N) is 3. The summed E-state index contributed by atoms with van der Waals surface area (Å²) in [6.07, 6.45) is 1.59. The fourth-order valence-electron chi connectivity index (χ4n) is 3.33. The van der Waals surface area contributed by atoms with Gasteiger partial charge in [0.25, 0.3) is 5.56 Å². The summed E-state index contributed by atoms with van der Waals surface area (Å²) in [5.74, 6) is -0.418. The Hall–Kier alpha value is -4.00. The Morgan fingerprint density at radius 3 is 2.53 bits per heavy atom. The highest BCUT2D eigenvalue weighted by Crippen LogP contribution is 2.15. The first kappa shape index (κ1) is 19.3. The number of aryl methyl sites for hydroxylation is 1. The first-order chi connectivity index (χ1) is 14.4. The van der Waals surface area contributed by atoms with Gasteiger partial charge in [0.15, 0.2) is 11.4 Å². The van der Waals surface area contributed by atoms with E-state index in [1.54, 1.807) is 47.3 Å². The lowest BCUT2D eigenvalue weighted by molar-refractivity contribution is -0.116. The highest BCUT2D eigenvalue weighted by Gasteiger charge is 2.18. The number of Topliss-reactive ketones (excluding diaryl/α,β-unsaturated/α-hetero) is 1. The van der Waals surface area contributed by atoms with Crippen molar-refractivity contribution in [3.63, 3.8) is 0 Å². The largest absolute Gasteiger partial charge is 0.324 e. The zero-order valence-electron chi connectivity index (χ0n) is 16.6. The molecule has 30 heavy (non-hydrogen) atoms. The molecular weight excluding hydrogens is 380 g/mol. The smallest absolute Gasteiger partial charge is 0.280 e. The Balaban J connectivity index is 1.73. The topological polar surface area (TPSA) is 86.0 Å². The molecule has 0 aliphatic carbocycles. The van der Waals surface area contributed by atoms with E-state index < -0.39 is 0 Å². The van der Waals surface area contributed by atoms with Crippen LogP contribution in [0.2, 0.25) is 0 Å². The third kappa shape index (κ3) is 3.65. The van der Waals surface area contributed by atoms with Gasteiger partial charge in [0.05, 0.1) is 11.1 Å². The number of benzene rings is 2. The van der Waals surface area contributed by atoms with Gasteiger partial charge in [-0.25, -0.2) is 9.67 Å². The Bertz CT molecular complexity index is 1320. The summed E-state index contributed by atoms with van der Waals surface area (Å²) in [4.78, 5) is 41.7. The van der Waals surface area contributed by atoms with Crippen LogP contribution in [0.4, 0.5) is 5.69 Å². The Kier molecular flexibility index (Phi) is 5.02. The minimum atomic E-state index is -0.334. The SMILES string of the molecule is CC(=O)c1cccc(NC(=O)Cn2c3ncccc3c(=O)n2-c2ccc(C)cc2)c1. The van der Waals surface area contributed by atoms with E-state index in [1.165, 1.54) is 11.6 Å². The molecule has 0 saturated carbocycles. The van der Waals surface area contributed by atoms with Gasteiger partial charge >= 0.3 is 0 Å². The van der Waals surface area contributed by atoms with Gasteiger partial charge in [0.1, 0.15) is 6.54 Å². The predicted octanol–water partition coefficient (Wildman–Crippen LogP) is 3.34. The molecule has 0 aliphatic heterocycles. The van der Waals surface area contributed by atoms with Crippen molar-refractivity contribution in [1.29, 1.82) is 0 Å². The maximum absolute atomic E-state index is 13.0. The molecule has 0 radical (unpaired) electrons. The molecule has 0 spiro atoms. The van der Waals surface area contributed by atoms with E-state index in [2.05, 4.69) is 10.3 Å². The third-order valence-electron chi connectivity index (χ3n) is 4.82. The van der Waals surface area contributed by atoms with Crippen LogP contribution in [0.3, 0.4) is 0 Å². The van der Waals surface area contributed by atoms with Crippen LogP contribution in [-0.2, 0) is 11.3 Å². The highest BCUT2D eigenvalue weighted by molar-refractivity contribution is 5.97. The van der Waals surface area contributed by atoms with Crippen LogP contribution in [0.25, 0.3) is 16.7 Å². The predicted molar refractivity (Wildman–Crippen MR) is 115 cm³/mol. The number of fused-ring (bicyclic) bond motifs is 1. The number of ketones is 1. The minimum Gasteiger partial charge on any atom is -0.324 e. The van der Waals surface area contributed by atoms with Crippen molar-refractivity contribution >= 4 is 28.4 Å². The average Bonchev–Trinajstić information content (AvgIpc) is 3.01. The number of amides is 1. The monoisotopic (exact) mass is 400 g/mol. The summed E-state index contributed by atoms with van der Waals surface area (Å²) in [5, 5.41) is 3.23. The molecule has 7 nitrogen and oxygen atoms in total. The standard InChI is InChI=1S/C23H20N4O3/c1-15-8-10-19(11-9-15)27-23(30)20-7-4-12-24-22(20)26(27)14-21(29)25-18-6-3-5-17(13-18)16(2)28/h3-13H,14H2,1-2H3,(H,25,29). The second-order valence-corrected chi connectivity index (χ2v) is 7.07. The number of rotatable bonds is 5. The number of hydrogen-bond donors (Lipinski definition) is 1. The van der Waals surface area contributed by atoms with Gasteiger partial charge < -0.3 is 5.32 Å². The molecule has 1 N–H and O–H groups in total. The average molecular weight is 400 g/mol. The molecule has 0 bridgehead atoms. The molecule has 7 heteroatoms. The van der Waals surface area contributed by atoms with Crippen LogP contribution in [0, 0.1) is 6.92 Å². The molecule has 150 valence electrons. The number of aromatic nitrogens is 3. The van der Waals surface area contributed by atoms with Gasteiger partial charge in [-0.1, -0.05) is 29.8 Å². The Morgan fingerprint density at radius 1 is 1.03 bits per heavy atom. The fourth-order valence-corrected chi connectivity index (χ4v) is 3.33. The van der Waals surface area contributed by atoms with Gasteiger partial charge in [-0.3, -0.25) is 19.1 Å². The molecule has 2 aromatic carbocycles. The van der Waals surface area contributed by atoms with Crippen LogP contribution in [0.15, 0.2) is 71.7 Å². The van der Waals surface area contributed by atoms with E-state index in [-0.39, 0.29) is 23.8 Å². The lowest BCUT2D eigenvalue weighted by Crippen LogP contribution is -2.27. The first-order valence-electron chi connectivity index (χ1n) is 9.48. The normalized spacial score (nSPS) is 10.9. The van der Waals surface area contributed by atoms with E-state index in [9.17, 15) is 14.4 Å². The molecule has 0 saturated heterocycles. The van der Waals surface area contributed by atoms with E-state index >= 15 is 0 Å². The van der Waals surface area contributed by atoms with E-state index in [1.807, 2.05) is 31.2 Å². The molecule has 0 aliphatic rings. The molecule has 2 aromatic heterocycles. The van der Waals surface area contributed by atoms with Crippen LogP contribution >= 0.6 is 0 Å². The second-order valence-electron chi connectivity index (χ2n) is 7.07. The molecule has 4 rings (SSSR count). The molecule has 0 atom stereocenters. The van der Waals surface area contributed by atoms with E-state index in [4.69, 9.17) is 0 Å². The van der Waals surface area contributed by atoms with Crippen LogP contribution in [-0.4, -0.2) is 26.0 Å². The van der Waals surface area contributed by atoms with Crippen LogP contribution in [0.5, 0.6) is 0 Å². The van der Waals surface area contributed by atoms with Crippen molar-refractivity contribution in [2.24, 2.45) is 0 Å². The molecule has 0 fully saturated rings. The summed E-state index contributed by atoms with van der Waals surface area (Å²) in [6, 6.07) is 17.6. The van der Waals surface area contributed by atoms with Crippen molar-refractivity contribution in [3.05, 3.63) is 88.3 Å². The summed E-state index contributed by atoms with van der Waals surface area (Å²) >= 11 is 0. The number of anilines is 1. The summed E-state index contributed by atoms with van der Waals surface area (Å²) in [7, 11) is 0. The van der Waals surface area contributed by atoms with Crippen molar-refractivity contribution in [3.8, 4) is 5.69 Å². The Morgan fingerprint density at radius 2 is 1.80 bits per heavy atom. The number of carbonyl (C=O) groups is 2. The number of pyridine rings is 1. The van der Waals surface area contributed by atoms with Crippen molar-refractivity contribution in [1.82, 2.24) is 14.3 Å². The quantitative estimate of drug-likeness (QED) is 0.521. The molecule has 2 heterocycles. The summed E-state index contributed by atoms with van der Waals surface area (Å²) in [5.41, 5.74) is 2.92. The maximum atomic E-state index is 13.0. The van der Waals surface area contributed by atoms with Gasteiger partial charge in [0, 0.05) is 17.4 Å². The van der Waals surface area contributed by atoms with Crippen molar-refractivity contribution in [2.75, 3.05) is 5.32 Å². The zero-order valence-corrected chi connectivity index (χ0v) is 16.6. The number of hydrogen-bond acceptors (Lipinski definition) is 4. The van der Waals surface area contributed by atoms with Gasteiger partial charge in [-0.05, 0) is 50.2 Å². The van der Waals surface area contributed by atoms with Crippen molar-refractivity contribution in [2.45, 2.75) is 20.4 Å². The van der Waals surface area contributed by atoms with Crippen LogP contribution in [0.1, 0.15) is 22.8 Å². The minimum absolute atomic E-state index is 0.0834. The van der Waals surface area contributed by atoms with E-state index in [0.717, 1.165) is 5.56 Å². The molecule has 4 aromatic rings. The van der Waals surface area contributed by atoms with Gasteiger partial charge in [-0.2, -0.15) is 0 Å². The fraction of sp³-hybridized carbons (Fsp3) is 0.130. The van der Waals surface area contributed by atoms with E-state index in [0.29, 0.717) is 28.0 Å². The highest BCUT2D eigenvalue weighted by atomic mass is 16.2. The second kappa shape index (κ2) is 7.79. The molecule has 0 unspecified atom stereocenters. The van der Waals surface area contributed by atoms with Gasteiger partial charge in [-0.15, -0.1) is 0 Å². The Labute approximate surface area is 172 Å². The lowest BCUT2D eigenvalue weighted by atomic mass is 10.1. The number of nitrogens with one attached hydrogen (secondary N) is 1. The number of carbonyl (C=O) groups excluding carboxylic acids is 2.